The lowest BCUT2D eigenvalue weighted by Gasteiger charge is -2.21. The summed E-state index contributed by atoms with van der Waals surface area (Å²) in [4.78, 5) is 26.6. The number of anilines is 1. The SMILES string of the molecule is Cc1ccc(-c2ccccc2C(=O)OC(C(=O)Nc2ccc(Cl)cc2C(F)(F)F)c2ccccc2)cc1. The van der Waals surface area contributed by atoms with Crippen molar-refractivity contribution in [3.63, 3.8) is 0 Å². The predicted octanol–water partition coefficient (Wildman–Crippen LogP) is 7.87. The minimum Gasteiger partial charge on any atom is -0.444 e. The van der Waals surface area contributed by atoms with E-state index in [1.54, 1.807) is 54.6 Å². The minimum atomic E-state index is -4.76. The van der Waals surface area contributed by atoms with Crippen molar-refractivity contribution in [1.82, 2.24) is 0 Å². The lowest BCUT2D eigenvalue weighted by molar-refractivity contribution is -0.137. The molecule has 37 heavy (non-hydrogen) atoms. The van der Waals surface area contributed by atoms with Crippen molar-refractivity contribution in [3.05, 3.63) is 124 Å². The predicted molar refractivity (Wildman–Crippen MR) is 136 cm³/mol. The number of carbonyl (C=O) groups is 2. The van der Waals surface area contributed by atoms with Crippen molar-refractivity contribution < 1.29 is 27.5 Å². The summed E-state index contributed by atoms with van der Waals surface area (Å²) in [6.07, 6.45) is -6.28. The zero-order valence-corrected chi connectivity index (χ0v) is 20.3. The van der Waals surface area contributed by atoms with Crippen molar-refractivity contribution >= 4 is 29.2 Å². The molecule has 0 aliphatic rings. The Morgan fingerprint density at radius 3 is 2.19 bits per heavy atom. The van der Waals surface area contributed by atoms with Crippen LogP contribution in [0.5, 0.6) is 0 Å². The molecule has 0 aliphatic carbocycles. The number of hydrogen-bond acceptors (Lipinski definition) is 3. The number of ether oxygens (including phenoxy) is 1. The molecule has 188 valence electrons. The van der Waals surface area contributed by atoms with Crippen LogP contribution >= 0.6 is 11.6 Å². The number of rotatable bonds is 6. The van der Waals surface area contributed by atoms with E-state index in [-0.39, 0.29) is 10.6 Å². The van der Waals surface area contributed by atoms with Crippen molar-refractivity contribution in [2.24, 2.45) is 0 Å². The number of nitrogens with one attached hydrogen (secondary N) is 1. The van der Waals surface area contributed by atoms with Gasteiger partial charge in [-0.05, 0) is 42.3 Å². The maximum atomic E-state index is 13.6. The Labute approximate surface area is 216 Å². The molecule has 0 bridgehead atoms. The molecule has 0 radical (unpaired) electrons. The van der Waals surface area contributed by atoms with Gasteiger partial charge in [0, 0.05) is 10.6 Å². The van der Waals surface area contributed by atoms with Crippen LogP contribution in [0.15, 0.2) is 97.1 Å². The quantitative estimate of drug-likeness (QED) is 0.262. The van der Waals surface area contributed by atoms with E-state index in [1.807, 2.05) is 31.2 Å². The maximum absolute atomic E-state index is 13.6. The molecule has 4 aromatic carbocycles. The second kappa shape index (κ2) is 10.9. The molecule has 0 spiro atoms. The van der Waals surface area contributed by atoms with Crippen LogP contribution in [-0.2, 0) is 15.7 Å². The third kappa shape index (κ3) is 6.19. The molecule has 0 fully saturated rings. The van der Waals surface area contributed by atoms with Gasteiger partial charge in [-0.1, -0.05) is 90.0 Å². The summed E-state index contributed by atoms with van der Waals surface area (Å²) in [6, 6.07) is 25.4. The van der Waals surface area contributed by atoms with Gasteiger partial charge in [-0.15, -0.1) is 0 Å². The van der Waals surface area contributed by atoms with Gasteiger partial charge >= 0.3 is 12.1 Å². The maximum Gasteiger partial charge on any atom is 0.418 e. The lowest BCUT2D eigenvalue weighted by Crippen LogP contribution is -2.27. The van der Waals surface area contributed by atoms with E-state index in [2.05, 4.69) is 5.32 Å². The van der Waals surface area contributed by atoms with E-state index < -0.39 is 35.4 Å². The topological polar surface area (TPSA) is 55.4 Å². The molecule has 4 aromatic rings. The Morgan fingerprint density at radius 2 is 1.51 bits per heavy atom. The Balaban J connectivity index is 1.67. The fraction of sp³-hybridized carbons (Fsp3) is 0.103. The van der Waals surface area contributed by atoms with Crippen LogP contribution < -0.4 is 5.32 Å². The Kier molecular flexibility index (Phi) is 7.64. The Morgan fingerprint density at radius 1 is 0.865 bits per heavy atom. The first kappa shape index (κ1) is 26.0. The highest BCUT2D eigenvalue weighted by molar-refractivity contribution is 6.30. The summed E-state index contributed by atoms with van der Waals surface area (Å²) in [5.41, 5.74) is 1.30. The van der Waals surface area contributed by atoms with Gasteiger partial charge < -0.3 is 10.1 Å². The fourth-order valence-corrected chi connectivity index (χ4v) is 3.95. The Bertz CT molecular complexity index is 1420. The normalized spacial score (nSPS) is 12.0. The number of halogens is 4. The molecule has 1 unspecified atom stereocenters. The van der Waals surface area contributed by atoms with Crippen molar-refractivity contribution in [1.29, 1.82) is 0 Å². The molecule has 0 saturated heterocycles. The van der Waals surface area contributed by atoms with E-state index in [1.165, 1.54) is 6.07 Å². The van der Waals surface area contributed by atoms with Crippen LogP contribution in [0.3, 0.4) is 0 Å². The zero-order valence-electron chi connectivity index (χ0n) is 19.6. The monoisotopic (exact) mass is 523 g/mol. The average molecular weight is 524 g/mol. The van der Waals surface area contributed by atoms with Crippen molar-refractivity contribution in [2.45, 2.75) is 19.2 Å². The van der Waals surface area contributed by atoms with Gasteiger partial charge in [0.05, 0.1) is 16.8 Å². The summed E-state index contributed by atoms with van der Waals surface area (Å²) < 4.78 is 46.3. The molecule has 4 rings (SSSR count). The van der Waals surface area contributed by atoms with E-state index in [9.17, 15) is 22.8 Å². The summed E-state index contributed by atoms with van der Waals surface area (Å²) in [6.45, 7) is 1.94. The van der Waals surface area contributed by atoms with Crippen molar-refractivity contribution in [3.8, 4) is 11.1 Å². The third-order valence-corrected chi connectivity index (χ3v) is 5.85. The largest absolute Gasteiger partial charge is 0.444 e. The van der Waals surface area contributed by atoms with Crippen LogP contribution in [-0.4, -0.2) is 11.9 Å². The van der Waals surface area contributed by atoms with Gasteiger partial charge in [-0.2, -0.15) is 13.2 Å². The molecule has 4 nitrogen and oxygen atoms in total. The van der Waals surface area contributed by atoms with E-state index in [0.29, 0.717) is 11.1 Å². The lowest BCUT2D eigenvalue weighted by atomic mass is 9.99. The number of hydrogen-bond donors (Lipinski definition) is 1. The summed E-state index contributed by atoms with van der Waals surface area (Å²) in [5.74, 6) is -1.74. The van der Waals surface area contributed by atoms with Crippen LogP contribution in [0.25, 0.3) is 11.1 Å². The summed E-state index contributed by atoms with van der Waals surface area (Å²) in [7, 11) is 0. The van der Waals surface area contributed by atoms with Gasteiger partial charge in [-0.25, -0.2) is 4.79 Å². The highest BCUT2D eigenvalue weighted by atomic mass is 35.5. The van der Waals surface area contributed by atoms with Crippen LogP contribution in [0.4, 0.5) is 18.9 Å². The number of aryl methyl sites for hydroxylation is 1. The second-order valence-corrected chi connectivity index (χ2v) is 8.72. The highest BCUT2D eigenvalue weighted by Gasteiger charge is 2.35. The van der Waals surface area contributed by atoms with E-state index >= 15 is 0 Å². The van der Waals surface area contributed by atoms with Crippen LogP contribution in [0.1, 0.15) is 33.2 Å². The molecular formula is C29H21ClF3NO3. The summed E-state index contributed by atoms with van der Waals surface area (Å²) in [5, 5.41) is 2.12. The zero-order chi connectivity index (χ0) is 26.6. The van der Waals surface area contributed by atoms with E-state index in [4.69, 9.17) is 16.3 Å². The third-order valence-electron chi connectivity index (χ3n) is 5.62. The number of carbonyl (C=O) groups excluding carboxylic acids is 2. The van der Waals surface area contributed by atoms with Crippen molar-refractivity contribution in [2.75, 3.05) is 5.32 Å². The molecule has 0 aromatic heterocycles. The van der Waals surface area contributed by atoms with Gasteiger partial charge in [0.15, 0.2) is 0 Å². The van der Waals surface area contributed by atoms with Gasteiger partial charge in [-0.3, -0.25) is 4.79 Å². The van der Waals surface area contributed by atoms with Gasteiger partial charge in [0.2, 0.25) is 6.10 Å². The molecule has 1 atom stereocenters. The molecule has 8 heteroatoms. The first-order chi connectivity index (χ1) is 17.6. The number of amides is 1. The average Bonchev–Trinajstić information content (AvgIpc) is 2.88. The second-order valence-electron chi connectivity index (χ2n) is 8.28. The Hall–Kier alpha value is -4.10. The first-order valence-electron chi connectivity index (χ1n) is 11.2. The van der Waals surface area contributed by atoms with Crippen LogP contribution in [0, 0.1) is 6.92 Å². The number of esters is 1. The smallest absolute Gasteiger partial charge is 0.418 e. The summed E-state index contributed by atoms with van der Waals surface area (Å²) >= 11 is 5.75. The van der Waals surface area contributed by atoms with Crippen LogP contribution in [0.2, 0.25) is 5.02 Å². The first-order valence-corrected chi connectivity index (χ1v) is 11.6. The standard InChI is InChI=1S/C29H21ClF3NO3/c1-18-11-13-19(14-12-18)22-9-5-6-10-23(22)28(36)37-26(20-7-3-2-4-8-20)27(35)34-25-16-15-21(30)17-24(25)29(31,32)33/h2-17,26H,1H3,(H,34,35). The molecular weight excluding hydrogens is 503 g/mol. The highest BCUT2D eigenvalue weighted by Crippen LogP contribution is 2.37. The fourth-order valence-electron chi connectivity index (χ4n) is 3.78. The molecule has 0 heterocycles. The molecule has 1 amide bonds. The van der Waals surface area contributed by atoms with Gasteiger partial charge in [0.25, 0.3) is 5.91 Å². The number of benzene rings is 4. The molecule has 0 saturated carbocycles. The van der Waals surface area contributed by atoms with E-state index in [0.717, 1.165) is 23.3 Å². The van der Waals surface area contributed by atoms with Gasteiger partial charge in [0.1, 0.15) is 0 Å². The minimum absolute atomic E-state index is 0.135. The molecule has 1 N–H and O–H groups in total. The number of alkyl halides is 3. The molecule has 0 aliphatic heterocycles.